The summed E-state index contributed by atoms with van der Waals surface area (Å²) >= 11 is 0. The lowest BCUT2D eigenvalue weighted by molar-refractivity contribution is 0.599. The first-order chi connectivity index (χ1) is 15.1. The monoisotopic (exact) mass is 442 g/mol. The summed E-state index contributed by atoms with van der Waals surface area (Å²) in [6.45, 7) is 0. The van der Waals surface area contributed by atoms with Crippen LogP contribution in [0, 0.1) is 0 Å². The van der Waals surface area contributed by atoms with Crippen LogP contribution in [0.15, 0.2) is 129 Å². The molecule has 0 amide bonds. The van der Waals surface area contributed by atoms with E-state index in [1.807, 2.05) is 60.7 Å². The Bertz CT molecular complexity index is 1330. The van der Waals surface area contributed by atoms with Crippen molar-refractivity contribution in [2.45, 2.75) is 4.90 Å². The Balaban J connectivity index is 1.93. The van der Waals surface area contributed by atoms with Crippen molar-refractivity contribution in [3.8, 4) is 0 Å². The largest absolute Gasteiger partial charge is 0.285 e. The van der Waals surface area contributed by atoms with E-state index < -0.39 is 17.1 Å². The minimum absolute atomic E-state index is 0.209. The van der Waals surface area contributed by atoms with Crippen molar-refractivity contribution < 1.29 is 8.42 Å². The standard InChI is InChI=1S/C25H19N2O2PS/c28-31(29)24-19-11-10-18-23(24)25(27-31)26-30(20-12-4-1-5-13-20,21-14-6-2-7-15-21)22-16-8-3-9-17-22/h1-19H. The van der Waals surface area contributed by atoms with Crippen LogP contribution in [0.5, 0.6) is 0 Å². The summed E-state index contributed by atoms with van der Waals surface area (Å²) in [6, 6.07) is 37.1. The molecule has 0 unspecified atom stereocenters. The van der Waals surface area contributed by atoms with Crippen LogP contribution in [-0.4, -0.2) is 14.3 Å². The normalized spacial score (nSPS) is 14.5. The van der Waals surface area contributed by atoms with E-state index in [9.17, 15) is 8.42 Å². The summed E-state index contributed by atoms with van der Waals surface area (Å²) in [5.74, 6) is 0.264. The molecule has 0 bridgehead atoms. The summed E-state index contributed by atoms with van der Waals surface area (Å²) in [4.78, 5) is 0.209. The van der Waals surface area contributed by atoms with Crippen LogP contribution in [0.3, 0.4) is 0 Å². The van der Waals surface area contributed by atoms with Gasteiger partial charge in [0, 0.05) is 21.5 Å². The Morgan fingerprint density at radius 1 is 0.581 bits per heavy atom. The zero-order valence-corrected chi connectivity index (χ0v) is 18.2. The Kier molecular flexibility index (Phi) is 4.93. The molecule has 4 aromatic rings. The highest BCUT2D eigenvalue weighted by Gasteiger charge is 2.33. The number of hydrogen-bond donors (Lipinski definition) is 0. The van der Waals surface area contributed by atoms with Gasteiger partial charge in [-0.1, -0.05) is 103 Å². The van der Waals surface area contributed by atoms with Gasteiger partial charge in [0.1, 0.15) is 4.90 Å². The maximum Gasteiger partial charge on any atom is 0.285 e. The van der Waals surface area contributed by atoms with Crippen molar-refractivity contribution in [2.24, 2.45) is 9.14 Å². The zero-order valence-electron chi connectivity index (χ0n) is 16.5. The molecule has 0 aliphatic carbocycles. The average molecular weight is 442 g/mol. The highest BCUT2D eigenvalue weighted by Crippen LogP contribution is 2.47. The minimum atomic E-state index is -3.76. The molecule has 1 heterocycles. The fourth-order valence-corrected chi connectivity index (χ4v) is 8.56. The van der Waals surface area contributed by atoms with Gasteiger partial charge in [-0.05, 0) is 12.1 Å². The Morgan fingerprint density at radius 3 is 1.48 bits per heavy atom. The van der Waals surface area contributed by atoms with Crippen LogP contribution in [0.25, 0.3) is 0 Å². The van der Waals surface area contributed by atoms with Gasteiger partial charge in [-0.15, -0.1) is 4.40 Å². The maximum atomic E-state index is 12.7. The van der Waals surface area contributed by atoms with Crippen LogP contribution in [0.1, 0.15) is 5.56 Å². The predicted molar refractivity (Wildman–Crippen MR) is 128 cm³/mol. The summed E-state index contributed by atoms with van der Waals surface area (Å²) in [7, 11) is -6.35. The molecule has 31 heavy (non-hydrogen) atoms. The molecule has 0 atom stereocenters. The first-order valence-electron chi connectivity index (χ1n) is 9.85. The number of hydrogen-bond acceptors (Lipinski definition) is 3. The molecule has 0 radical (unpaired) electrons. The molecule has 0 saturated heterocycles. The summed E-state index contributed by atoms with van der Waals surface area (Å²) in [6.07, 6.45) is 0. The lowest BCUT2D eigenvalue weighted by Crippen LogP contribution is -2.26. The molecule has 5 rings (SSSR count). The summed E-state index contributed by atoms with van der Waals surface area (Å²) in [5, 5.41) is 3.12. The molecule has 1 aliphatic rings. The molecule has 0 saturated carbocycles. The van der Waals surface area contributed by atoms with Gasteiger partial charge in [-0.25, -0.2) is 4.74 Å². The van der Waals surface area contributed by atoms with Gasteiger partial charge in [-0.2, -0.15) is 8.42 Å². The van der Waals surface area contributed by atoms with Crippen LogP contribution in [0.4, 0.5) is 0 Å². The number of benzene rings is 4. The highest BCUT2D eigenvalue weighted by atomic mass is 32.2. The van der Waals surface area contributed by atoms with Crippen molar-refractivity contribution in [3.63, 3.8) is 0 Å². The Labute approximate surface area is 182 Å². The van der Waals surface area contributed by atoms with E-state index in [0.717, 1.165) is 15.9 Å². The number of fused-ring (bicyclic) bond motifs is 1. The van der Waals surface area contributed by atoms with Crippen molar-refractivity contribution in [2.75, 3.05) is 0 Å². The third-order valence-electron chi connectivity index (χ3n) is 5.25. The lowest BCUT2D eigenvalue weighted by atomic mass is 10.2. The molecule has 0 spiro atoms. The van der Waals surface area contributed by atoms with Gasteiger partial charge >= 0.3 is 0 Å². The number of nitrogens with zero attached hydrogens (tertiary/aromatic N) is 2. The molecular weight excluding hydrogens is 423 g/mol. The van der Waals surface area contributed by atoms with E-state index in [-0.39, 0.29) is 10.7 Å². The molecule has 4 aromatic carbocycles. The van der Waals surface area contributed by atoms with E-state index >= 15 is 0 Å². The predicted octanol–water partition coefficient (Wildman–Crippen LogP) is 4.31. The molecular formula is C25H19N2O2PS. The van der Waals surface area contributed by atoms with Crippen molar-refractivity contribution in [1.82, 2.24) is 0 Å². The average Bonchev–Trinajstić information content (AvgIpc) is 3.09. The van der Waals surface area contributed by atoms with Crippen LogP contribution in [0.2, 0.25) is 0 Å². The topological polar surface area (TPSA) is 58.9 Å². The van der Waals surface area contributed by atoms with Gasteiger partial charge < -0.3 is 0 Å². The van der Waals surface area contributed by atoms with E-state index in [0.29, 0.717) is 5.56 Å². The van der Waals surface area contributed by atoms with Gasteiger partial charge in [0.15, 0.2) is 5.84 Å². The van der Waals surface area contributed by atoms with Gasteiger partial charge in [0.05, 0.1) is 7.05 Å². The second kappa shape index (κ2) is 7.77. The second-order valence-corrected chi connectivity index (χ2v) is 11.7. The van der Waals surface area contributed by atoms with Crippen LogP contribution >= 0.6 is 7.05 Å². The molecule has 152 valence electrons. The Hall–Kier alpha value is -3.27. The molecule has 4 nitrogen and oxygen atoms in total. The SMILES string of the molecule is O=S1(=O)N=C(N=P(c2ccccc2)(c2ccccc2)c2ccccc2)c2ccccc21. The first-order valence-corrected chi connectivity index (χ1v) is 13.0. The zero-order chi connectivity index (χ0) is 21.3. The molecule has 0 fully saturated rings. The van der Waals surface area contributed by atoms with Crippen LogP contribution in [-0.2, 0) is 10.0 Å². The number of amidine groups is 1. The van der Waals surface area contributed by atoms with Gasteiger partial charge in [0.2, 0.25) is 0 Å². The quantitative estimate of drug-likeness (QED) is 0.444. The third-order valence-corrected chi connectivity index (χ3v) is 10.2. The minimum Gasteiger partial charge on any atom is -0.233 e. The summed E-state index contributed by atoms with van der Waals surface area (Å²) in [5.41, 5.74) is 0.551. The number of sulfonamides is 1. The highest BCUT2D eigenvalue weighted by molar-refractivity contribution is 7.91. The maximum absolute atomic E-state index is 12.7. The van der Waals surface area contributed by atoms with Gasteiger partial charge in [-0.3, -0.25) is 0 Å². The van der Waals surface area contributed by atoms with E-state index in [2.05, 4.69) is 40.8 Å². The molecule has 6 heteroatoms. The number of rotatable bonds is 3. The van der Waals surface area contributed by atoms with Crippen molar-refractivity contribution in [3.05, 3.63) is 121 Å². The molecule has 1 aliphatic heterocycles. The van der Waals surface area contributed by atoms with Crippen molar-refractivity contribution >= 4 is 38.8 Å². The van der Waals surface area contributed by atoms with E-state index in [1.165, 1.54) is 0 Å². The lowest BCUT2D eigenvalue weighted by Gasteiger charge is -2.26. The van der Waals surface area contributed by atoms with E-state index in [1.54, 1.807) is 18.2 Å². The fourth-order valence-electron chi connectivity index (χ4n) is 3.85. The Morgan fingerprint density at radius 2 is 1.00 bits per heavy atom. The summed E-state index contributed by atoms with van der Waals surface area (Å²) < 4.78 is 34.8. The smallest absolute Gasteiger partial charge is 0.233 e. The fraction of sp³-hybridized carbons (Fsp3) is 0. The van der Waals surface area contributed by atoms with E-state index in [4.69, 9.17) is 4.74 Å². The van der Waals surface area contributed by atoms with Gasteiger partial charge in [0.25, 0.3) is 10.0 Å². The van der Waals surface area contributed by atoms with Crippen molar-refractivity contribution in [1.29, 1.82) is 0 Å². The molecule has 0 aromatic heterocycles. The molecule has 0 N–H and O–H groups in total. The third kappa shape index (κ3) is 3.36. The first kappa shape index (κ1) is 19.7. The second-order valence-electron chi connectivity index (χ2n) is 7.13. The van der Waals surface area contributed by atoms with Crippen LogP contribution < -0.4 is 15.9 Å².